The average Bonchev–Trinajstić information content (AvgIpc) is 3.23. The summed E-state index contributed by atoms with van der Waals surface area (Å²) in [7, 11) is 0. The number of anilines is 2. The maximum Gasteiger partial charge on any atom is 0.319 e. The SMILES string of the molecule is CCC(C)C(NC(=O)Nc1c(C)cccc1C)C(=O)Nc1nnc(-c2ccc(Cl)cc2)s1. The number of halogens is 1. The third kappa shape index (κ3) is 5.83. The summed E-state index contributed by atoms with van der Waals surface area (Å²) in [4.78, 5) is 25.7. The van der Waals surface area contributed by atoms with E-state index < -0.39 is 12.1 Å². The number of amides is 3. The van der Waals surface area contributed by atoms with Crippen molar-refractivity contribution in [3.05, 3.63) is 58.6 Å². The van der Waals surface area contributed by atoms with Crippen molar-refractivity contribution in [3.8, 4) is 10.6 Å². The summed E-state index contributed by atoms with van der Waals surface area (Å²) in [6.45, 7) is 7.74. The van der Waals surface area contributed by atoms with Crippen LogP contribution in [0.15, 0.2) is 42.5 Å². The number of aryl methyl sites for hydroxylation is 2. The summed E-state index contributed by atoms with van der Waals surface area (Å²) < 4.78 is 0. The van der Waals surface area contributed by atoms with Crippen LogP contribution in [-0.4, -0.2) is 28.2 Å². The second-order valence-electron chi connectivity index (χ2n) is 7.64. The van der Waals surface area contributed by atoms with Crippen LogP contribution < -0.4 is 16.0 Å². The molecule has 0 radical (unpaired) electrons. The topological polar surface area (TPSA) is 96.0 Å². The first-order valence-corrected chi connectivity index (χ1v) is 11.5. The largest absolute Gasteiger partial charge is 0.326 e. The Bertz CT molecular complexity index is 1080. The van der Waals surface area contributed by atoms with Gasteiger partial charge in [-0.2, -0.15) is 0 Å². The van der Waals surface area contributed by atoms with E-state index in [1.807, 2.05) is 58.0 Å². The van der Waals surface area contributed by atoms with E-state index in [1.165, 1.54) is 11.3 Å². The Morgan fingerprint density at radius 1 is 1.03 bits per heavy atom. The van der Waals surface area contributed by atoms with Crippen molar-refractivity contribution < 1.29 is 9.59 Å². The Kier molecular flexibility index (Phi) is 7.82. The Morgan fingerprint density at radius 3 is 2.31 bits per heavy atom. The number of hydrogen-bond acceptors (Lipinski definition) is 5. The van der Waals surface area contributed by atoms with Crippen LogP contribution >= 0.6 is 22.9 Å². The van der Waals surface area contributed by atoms with Gasteiger partial charge in [0.25, 0.3) is 0 Å². The number of nitrogens with one attached hydrogen (secondary N) is 3. The molecule has 0 aliphatic heterocycles. The summed E-state index contributed by atoms with van der Waals surface area (Å²) in [6, 6.07) is 11.9. The van der Waals surface area contributed by atoms with Crippen LogP contribution in [0.25, 0.3) is 10.6 Å². The van der Waals surface area contributed by atoms with Crippen LogP contribution in [0.5, 0.6) is 0 Å². The molecule has 168 valence electrons. The minimum atomic E-state index is -0.729. The van der Waals surface area contributed by atoms with E-state index in [2.05, 4.69) is 26.1 Å². The number of carbonyl (C=O) groups excluding carboxylic acids is 2. The van der Waals surface area contributed by atoms with Gasteiger partial charge in [0.2, 0.25) is 11.0 Å². The lowest BCUT2D eigenvalue weighted by Gasteiger charge is -2.23. The predicted molar refractivity (Wildman–Crippen MR) is 130 cm³/mol. The Labute approximate surface area is 196 Å². The lowest BCUT2D eigenvalue weighted by Crippen LogP contribution is -2.49. The van der Waals surface area contributed by atoms with Crippen LogP contribution in [0.4, 0.5) is 15.6 Å². The van der Waals surface area contributed by atoms with E-state index in [0.29, 0.717) is 21.6 Å². The molecule has 1 aromatic heterocycles. The first kappa shape index (κ1) is 23.7. The van der Waals surface area contributed by atoms with Gasteiger partial charge in [0, 0.05) is 16.3 Å². The number of carbonyl (C=O) groups is 2. The van der Waals surface area contributed by atoms with Gasteiger partial charge in [0.1, 0.15) is 11.0 Å². The molecule has 0 saturated carbocycles. The molecule has 0 fully saturated rings. The van der Waals surface area contributed by atoms with E-state index >= 15 is 0 Å². The van der Waals surface area contributed by atoms with Gasteiger partial charge in [-0.15, -0.1) is 10.2 Å². The third-order valence-electron chi connectivity index (χ3n) is 5.25. The fourth-order valence-corrected chi connectivity index (χ4v) is 4.05. The minimum absolute atomic E-state index is 0.0811. The van der Waals surface area contributed by atoms with Crippen molar-refractivity contribution in [3.63, 3.8) is 0 Å². The highest BCUT2D eigenvalue weighted by Gasteiger charge is 2.27. The minimum Gasteiger partial charge on any atom is -0.326 e. The number of urea groups is 1. The fourth-order valence-electron chi connectivity index (χ4n) is 3.17. The van der Waals surface area contributed by atoms with Crippen LogP contribution in [0.3, 0.4) is 0 Å². The number of nitrogens with zero attached hydrogens (tertiary/aromatic N) is 2. The van der Waals surface area contributed by atoms with Gasteiger partial charge in [-0.25, -0.2) is 4.79 Å². The second-order valence-corrected chi connectivity index (χ2v) is 9.05. The van der Waals surface area contributed by atoms with E-state index in [9.17, 15) is 9.59 Å². The second kappa shape index (κ2) is 10.6. The first-order chi connectivity index (χ1) is 15.3. The van der Waals surface area contributed by atoms with Crippen molar-refractivity contribution >= 4 is 45.7 Å². The molecule has 3 amide bonds. The van der Waals surface area contributed by atoms with Gasteiger partial charge in [-0.05, 0) is 43.0 Å². The predicted octanol–water partition coefficient (Wildman–Crippen LogP) is 5.65. The molecule has 1 heterocycles. The van der Waals surface area contributed by atoms with Gasteiger partial charge < -0.3 is 10.6 Å². The average molecular weight is 472 g/mol. The zero-order valence-electron chi connectivity index (χ0n) is 18.4. The Morgan fingerprint density at radius 2 is 1.69 bits per heavy atom. The summed E-state index contributed by atoms with van der Waals surface area (Å²) in [5, 5.41) is 18.3. The Balaban J connectivity index is 1.70. The zero-order valence-corrected chi connectivity index (χ0v) is 20.0. The summed E-state index contributed by atoms with van der Waals surface area (Å²) >= 11 is 7.19. The Hall–Kier alpha value is -2.97. The number of aromatic nitrogens is 2. The van der Waals surface area contributed by atoms with Crippen LogP contribution in [0.1, 0.15) is 31.4 Å². The van der Waals surface area contributed by atoms with Gasteiger partial charge >= 0.3 is 6.03 Å². The summed E-state index contributed by atoms with van der Waals surface area (Å²) in [6.07, 6.45) is 0.716. The molecule has 3 aromatic rings. The van der Waals surface area contributed by atoms with Crippen molar-refractivity contribution in [2.45, 2.75) is 40.2 Å². The molecular formula is C23H26ClN5O2S. The van der Waals surface area contributed by atoms with Gasteiger partial charge in [0.05, 0.1) is 0 Å². The molecule has 0 aliphatic carbocycles. The monoisotopic (exact) mass is 471 g/mol. The van der Waals surface area contributed by atoms with Crippen molar-refractivity contribution in [1.82, 2.24) is 15.5 Å². The molecule has 0 bridgehead atoms. The summed E-state index contributed by atoms with van der Waals surface area (Å²) in [5.74, 6) is -0.419. The number of hydrogen-bond donors (Lipinski definition) is 3. The molecule has 3 N–H and O–H groups in total. The molecule has 32 heavy (non-hydrogen) atoms. The molecule has 0 spiro atoms. The zero-order chi connectivity index (χ0) is 23.3. The van der Waals surface area contributed by atoms with E-state index in [4.69, 9.17) is 11.6 Å². The maximum atomic E-state index is 13.0. The highest BCUT2D eigenvalue weighted by Crippen LogP contribution is 2.27. The normalized spacial score (nSPS) is 12.7. The molecule has 0 saturated heterocycles. The highest BCUT2D eigenvalue weighted by atomic mass is 35.5. The quantitative estimate of drug-likeness (QED) is 0.414. The van der Waals surface area contributed by atoms with Crippen LogP contribution in [0.2, 0.25) is 5.02 Å². The van der Waals surface area contributed by atoms with E-state index in [1.54, 1.807) is 12.1 Å². The van der Waals surface area contributed by atoms with E-state index in [0.717, 1.165) is 22.4 Å². The van der Waals surface area contributed by atoms with E-state index in [-0.39, 0.29) is 11.8 Å². The smallest absolute Gasteiger partial charge is 0.319 e. The standard InChI is InChI=1S/C23H26ClN5O2S/c1-5-13(2)19(26-22(31)25-18-14(3)7-6-8-15(18)4)20(30)27-23-29-28-21(32-23)16-9-11-17(24)12-10-16/h6-13,19H,5H2,1-4H3,(H2,25,26,31)(H,27,29,30). The van der Waals surface area contributed by atoms with Gasteiger partial charge in [0.15, 0.2) is 0 Å². The van der Waals surface area contributed by atoms with Crippen molar-refractivity contribution in [2.24, 2.45) is 5.92 Å². The fraction of sp³-hybridized carbons (Fsp3) is 0.304. The summed E-state index contributed by atoms with van der Waals surface area (Å²) in [5.41, 5.74) is 3.50. The van der Waals surface area contributed by atoms with Crippen LogP contribution in [-0.2, 0) is 4.79 Å². The molecule has 2 aromatic carbocycles. The lowest BCUT2D eigenvalue weighted by molar-refractivity contribution is -0.119. The highest BCUT2D eigenvalue weighted by molar-refractivity contribution is 7.18. The molecule has 3 rings (SSSR count). The van der Waals surface area contributed by atoms with Gasteiger partial charge in [-0.3, -0.25) is 10.1 Å². The lowest BCUT2D eigenvalue weighted by atomic mass is 9.98. The molecular weight excluding hydrogens is 446 g/mol. The number of para-hydroxylation sites is 1. The molecule has 9 heteroatoms. The van der Waals surface area contributed by atoms with Gasteiger partial charge in [-0.1, -0.05) is 73.5 Å². The third-order valence-corrected chi connectivity index (χ3v) is 6.39. The number of rotatable bonds is 7. The molecule has 0 aliphatic rings. The molecule has 2 atom stereocenters. The van der Waals surface area contributed by atoms with Crippen LogP contribution in [0, 0.1) is 19.8 Å². The number of benzene rings is 2. The molecule has 7 nitrogen and oxygen atoms in total. The van der Waals surface area contributed by atoms with Crippen molar-refractivity contribution in [2.75, 3.05) is 10.6 Å². The van der Waals surface area contributed by atoms with Crippen molar-refractivity contribution in [1.29, 1.82) is 0 Å². The maximum absolute atomic E-state index is 13.0. The molecule has 2 unspecified atom stereocenters. The first-order valence-electron chi connectivity index (χ1n) is 10.3.